The maximum Gasteiger partial charge on any atom is 0.114 e. The van der Waals surface area contributed by atoms with Crippen LogP contribution in [0.25, 0.3) is 0 Å². The molecule has 1 atom stereocenters. The average molecular weight is 310 g/mol. The van der Waals surface area contributed by atoms with Gasteiger partial charge in [-0.15, -0.1) is 0 Å². The second-order valence-corrected chi connectivity index (χ2v) is 5.61. The van der Waals surface area contributed by atoms with Crippen molar-refractivity contribution in [1.82, 2.24) is 5.32 Å². The van der Waals surface area contributed by atoms with E-state index in [0.717, 1.165) is 36.2 Å². The van der Waals surface area contributed by atoms with Crippen LogP contribution in [0.2, 0.25) is 0 Å². The van der Waals surface area contributed by atoms with Crippen LogP contribution in [-0.2, 0) is 4.74 Å². The van der Waals surface area contributed by atoms with Crippen LogP contribution in [0.3, 0.4) is 0 Å². The molecule has 1 aliphatic rings. The van der Waals surface area contributed by atoms with E-state index < -0.39 is 0 Å². The molecule has 0 radical (unpaired) electrons. The molecule has 1 unspecified atom stereocenters. The van der Waals surface area contributed by atoms with Gasteiger partial charge in [0.1, 0.15) is 5.76 Å². The molecule has 2 rings (SSSR count). The van der Waals surface area contributed by atoms with Gasteiger partial charge in [-0.05, 0) is 49.2 Å². The summed E-state index contributed by atoms with van der Waals surface area (Å²) in [6.45, 7) is 6.11. The first-order valence-corrected chi connectivity index (χ1v) is 7.33. The van der Waals surface area contributed by atoms with Gasteiger partial charge in [-0.2, -0.15) is 0 Å². The highest BCUT2D eigenvalue weighted by molar-refractivity contribution is 9.10. The van der Waals surface area contributed by atoms with Gasteiger partial charge in [0.2, 0.25) is 0 Å². The molecule has 0 spiro atoms. The van der Waals surface area contributed by atoms with Crippen LogP contribution in [0.5, 0.6) is 0 Å². The Morgan fingerprint density at radius 3 is 2.83 bits per heavy atom. The van der Waals surface area contributed by atoms with Crippen molar-refractivity contribution < 1.29 is 4.74 Å². The minimum atomic E-state index is 0.184. The summed E-state index contributed by atoms with van der Waals surface area (Å²) in [5.41, 5.74) is 2.53. The Kier molecular flexibility index (Phi) is 4.84. The molecule has 1 N–H and O–H groups in total. The maximum atomic E-state index is 5.73. The van der Waals surface area contributed by atoms with E-state index in [1.165, 1.54) is 11.1 Å². The summed E-state index contributed by atoms with van der Waals surface area (Å²) in [6.07, 6.45) is 4.34. The number of hydrogen-bond acceptors (Lipinski definition) is 2. The highest BCUT2D eigenvalue weighted by Crippen LogP contribution is 2.29. The molecule has 1 aromatic rings. The van der Waals surface area contributed by atoms with E-state index in [0.29, 0.717) is 0 Å². The van der Waals surface area contributed by atoms with Gasteiger partial charge in [0.05, 0.1) is 12.6 Å². The highest BCUT2D eigenvalue weighted by Gasteiger charge is 2.20. The zero-order chi connectivity index (χ0) is 13.0. The van der Waals surface area contributed by atoms with Crippen LogP contribution >= 0.6 is 15.9 Å². The molecule has 1 aliphatic heterocycles. The molecular weight excluding hydrogens is 290 g/mol. The smallest absolute Gasteiger partial charge is 0.114 e. The van der Waals surface area contributed by atoms with Gasteiger partial charge in [0.15, 0.2) is 0 Å². The van der Waals surface area contributed by atoms with Crippen molar-refractivity contribution in [3.63, 3.8) is 0 Å². The first-order chi connectivity index (χ1) is 8.70. The normalized spacial score (nSPS) is 16.3. The van der Waals surface area contributed by atoms with Crippen LogP contribution in [0.1, 0.15) is 36.9 Å². The third-order valence-electron chi connectivity index (χ3n) is 3.01. The fourth-order valence-corrected chi connectivity index (χ4v) is 2.87. The van der Waals surface area contributed by atoms with Crippen LogP contribution in [0.4, 0.5) is 0 Å². The van der Waals surface area contributed by atoms with E-state index in [4.69, 9.17) is 4.74 Å². The van der Waals surface area contributed by atoms with Crippen LogP contribution < -0.4 is 5.32 Å². The van der Waals surface area contributed by atoms with E-state index in [-0.39, 0.29) is 6.04 Å². The summed E-state index contributed by atoms with van der Waals surface area (Å²) in [4.78, 5) is 0. The molecule has 0 saturated heterocycles. The van der Waals surface area contributed by atoms with Gasteiger partial charge in [-0.25, -0.2) is 0 Å². The van der Waals surface area contributed by atoms with Gasteiger partial charge >= 0.3 is 0 Å². The molecule has 1 heterocycles. The lowest BCUT2D eigenvalue weighted by Gasteiger charge is -2.21. The predicted octanol–water partition coefficient (Wildman–Crippen LogP) is 4.10. The highest BCUT2D eigenvalue weighted by atomic mass is 79.9. The first-order valence-electron chi connectivity index (χ1n) is 6.54. The van der Waals surface area contributed by atoms with Crippen molar-refractivity contribution in [3.8, 4) is 0 Å². The van der Waals surface area contributed by atoms with Crippen molar-refractivity contribution in [3.05, 3.63) is 45.6 Å². The molecular formula is C15H20BrNO. The quantitative estimate of drug-likeness (QED) is 0.884. The molecule has 0 amide bonds. The lowest BCUT2D eigenvalue weighted by molar-refractivity contribution is 0.215. The first kappa shape index (κ1) is 13.6. The lowest BCUT2D eigenvalue weighted by atomic mass is 10.0. The Hall–Kier alpha value is -0.800. The number of rotatable bonds is 5. The van der Waals surface area contributed by atoms with Crippen molar-refractivity contribution in [2.24, 2.45) is 0 Å². The Balaban J connectivity index is 2.26. The fourth-order valence-electron chi connectivity index (χ4n) is 2.24. The second-order valence-electron chi connectivity index (χ2n) is 4.69. The van der Waals surface area contributed by atoms with Gasteiger partial charge in [0, 0.05) is 10.9 Å². The number of aryl methyl sites for hydroxylation is 1. The van der Waals surface area contributed by atoms with Crippen molar-refractivity contribution in [2.45, 2.75) is 32.7 Å². The molecule has 18 heavy (non-hydrogen) atoms. The van der Waals surface area contributed by atoms with Crippen LogP contribution in [0.15, 0.2) is 34.5 Å². The monoisotopic (exact) mass is 309 g/mol. The molecule has 0 bridgehead atoms. The molecule has 0 saturated carbocycles. The molecule has 3 heteroatoms. The van der Waals surface area contributed by atoms with E-state index in [1.54, 1.807) is 0 Å². The van der Waals surface area contributed by atoms with Crippen LogP contribution in [0, 0.1) is 6.92 Å². The van der Waals surface area contributed by atoms with E-state index >= 15 is 0 Å². The van der Waals surface area contributed by atoms with E-state index in [2.05, 4.69) is 59.4 Å². The standard InChI is InChI=1S/C15H20BrNO/c1-3-6-17-15(14-5-4-7-18-14)12-8-11(2)9-13(16)10-12/h5,8-10,15,17H,3-4,6-7H2,1-2H3. The molecule has 2 nitrogen and oxygen atoms in total. The molecule has 0 aliphatic carbocycles. The molecule has 98 valence electrons. The second kappa shape index (κ2) is 6.39. The number of ether oxygens (including phenoxy) is 1. The van der Waals surface area contributed by atoms with E-state index in [1.807, 2.05) is 0 Å². The van der Waals surface area contributed by atoms with Crippen molar-refractivity contribution >= 4 is 15.9 Å². The Labute approximate surface area is 118 Å². The predicted molar refractivity (Wildman–Crippen MR) is 78.6 cm³/mol. The minimum Gasteiger partial charge on any atom is -0.496 e. The summed E-state index contributed by atoms with van der Waals surface area (Å²) >= 11 is 3.57. The zero-order valence-corrected chi connectivity index (χ0v) is 12.6. The summed E-state index contributed by atoms with van der Waals surface area (Å²) in [7, 11) is 0. The lowest BCUT2D eigenvalue weighted by Crippen LogP contribution is -2.24. The van der Waals surface area contributed by atoms with Gasteiger partial charge in [-0.1, -0.05) is 28.9 Å². The largest absolute Gasteiger partial charge is 0.496 e. The maximum absolute atomic E-state index is 5.73. The summed E-state index contributed by atoms with van der Waals surface area (Å²) < 4.78 is 6.85. The molecule has 0 aromatic heterocycles. The average Bonchev–Trinajstić information content (AvgIpc) is 2.82. The summed E-state index contributed by atoms with van der Waals surface area (Å²) in [6, 6.07) is 6.71. The Morgan fingerprint density at radius 2 is 2.22 bits per heavy atom. The van der Waals surface area contributed by atoms with Gasteiger partial charge < -0.3 is 10.1 Å². The number of hydrogen-bond donors (Lipinski definition) is 1. The molecule has 0 fully saturated rings. The fraction of sp³-hybridized carbons (Fsp3) is 0.467. The summed E-state index contributed by atoms with van der Waals surface area (Å²) in [5.74, 6) is 1.07. The third-order valence-corrected chi connectivity index (χ3v) is 3.47. The summed E-state index contributed by atoms with van der Waals surface area (Å²) in [5, 5.41) is 3.57. The minimum absolute atomic E-state index is 0.184. The molecule has 1 aromatic carbocycles. The van der Waals surface area contributed by atoms with E-state index in [9.17, 15) is 0 Å². The van der Waals surface area contributed by atoms with Crippen LogP contribution in [-0.4, -0.2) is 13.2 Å². The van der Waals surface area contributed by atoms with Gasteiger partial charge in [-0.3, -0.25) is 0 Å². The zero-order valence-electron chi connectivity index (χ0n) is 11.0. The van der Waals surface area contributed by atoms with Crippen molar-refractivity contribution in [1.29, 1.82) is 0 Å². The Morgan fingerprint density at radius 1 is 1.39 bits per heavy atom. The Bertz CT molecular complexity index is 422. The number of nitrogens with one attached hydrogen (secondary N) is 1. The number of benzene rings is 1. The topological polar surface area (TPSA) is 21.3 Å². The van der Waals surface area contributed by atoms with Crippen molar-refractivity contribution in [2.75, 3.05) is 13.2 Å². The third kappa shape index (κ3) is 3.36. The SMILES string of the molecule is CCCNC(C1=CCCO1)c1cc(C)cc(Br)c1. The number of halogens is 1. The van der Waals surface area contributed by atoms with Gasteiger partial charge in [0.25, 0.3) is 0 Å².